The zero-order chi connectivity index (χ0) is 17.2. The van der Waals surface area contributed by atoms with Crippen LogP contribution in [0.2, 0.25) is 0 Å². The van der Waals surface area contributed by atoms with Crippen molar-refractivity contribution in [2.24, 2.45) is 0 Å². The van der Waals surface area contributed by atoms with Gasteiger partial charge in [0.2, 0.25) is 0 Å². The number of hydrogen-bond donors (Lipinski definition) is 0. The highest BCUT2D eigenvalue weighted by Crippen LogP contribution is 2.46. The highest BCUT2D eigenvalue weighted by molar-refractivity contribution is 7.68. The highest BCUT2D eigenvalue weighted by Gasteiger charge is 2.44. The minimum absolute atomic E-state index is 0.0475. The Morgan fingerprint density at radius 2 is 1.17 bits per heavy atom. The van der Waals surface area contributed by atoms with Gasteiger partial charge in [0, 0.05) is 21.7 Å². The summed E-state index contributed by atoms with van der Waals surface area (Å²) in [4.78, 5) is 0. The summed E-state index contributed by atoms with van der Waals surface area (Å²) in [6, 6.07) is 21.3. The van der Waals surface area contributed by atoms with Gasteiger partial charge in [0.05, 0.1) is 0 Å². The number of rotatable bonds is 4. The summed E-state index contributed by atoms with van der Waals surface area (Å²) >= 11 is 0. The SMILES string of the molecule is CC1(C)CCCC(C)(C)N1OP(c1ccccc1)c1ccccc1. The molecule has 2 aromatic carbocycles. The normalized spacial score (nSPS) is 20.2. The summed E-state index contributed by atoms with van der Waals surface area (Å²) in [6.45, 7) is 9.21. The minimum Gasteiger partial charge on any atom is -0.267 e. The molecule has 1 saturated heterocycles. The molecule has 0 aliphatic carbocycles. The van der Waals surface area contributed by atoms with Crippen molar-refractivity contribution < 1.29 is 4.62 Å². The van der Waals surface area contributed by atoms with Crippen molar-refractivity contribution in [1.82, 2.24) is 5.06 Å². The molecule has 3 heteroatoms. The maximum absolute atomic E-state index is 6.79. The molecule has 0 bridgehead atoms. The maximum Gasteiger partial charge on any atom is 0.118 e. The van der Waals surface area contributed by atoms with E-state index in [1.165, 1.54) is 29.9 Å². The molecule has 0 N–H and O–H groups in total. The standard InChI is InChI=1S/C21H28NOP/c1-20(2)16-11-17-21(3,4)22(20)23-24(18-12-7-5-8-13-18)19-14-9-6-10-15-19/h5-10,12-15H,11,16-17H2,1-4H3. The Morgan fingerprint density at radius 3 is 1.58 bits per heavy atom. The number of nitrogens with zero attached hydrogens (tertiary/aromatic N) is 1. The second kappa shape index (κ2) is 6.96. The third kappa shape index (κ3) is 3.72. The van der Waals surface area contributed by atoms with E-state index in [1.54, 1.807) is 0 Å². The Bertz CT molecular complexity index is 599. The van der Waals surface area contributed by atoms with Crippen molar-refractivity contribution in [3.8, 4) is 0 Å². The predicted molar refractivity (Wildman–Crippen MR) is 104 cm³/mol. The van der Waals surface area contributed by atoms with Crippen molar-refractivity contribution in [2.45, 2.75) is 58.0 Å². The first-order chi connectivity index (χ1) is 11.4. The molecule has 0 atom stereocenters. The molecule has 2 aromatic rings. The van der Waals surface area contributed by atoms with Crippen LogP contribution in [0.1, 0.15) is 47.0 Å². The molecule has 0 radical (unpaired) electrons. The van der Waals surface area contributed by atoms with Crippen LogP contribution in [0.5, 0.6) is 0 Å². The van der Waals surface area contributed by atoms with Gasteiger partial charge in [-0.1, -0.05) is 60.7 Å². The van der Waals surface area contributed by atoms with Crippen LogP contribution in [0.25, 0.3) is 0 Å². The summed E-state index contributed by atoms with van der Waals surface area (Å²) in [5.74, 6) is 0. The van der Waals surface area contributed by atoms with Crippen LogP contribution in [-0.4, -0.2) is 16.1 Å². The van der Waals surface area contributed by atoms with Crippen molar-refractivity contribution in [1.29, 1.82) is 0 Å². The van der Waals surface area contributed by atoms with Crippen LogP contribution >= 0.6 is 8.15 Å². The predicted octanol–water partition coefficient (Wildman–Crippen LogP) is 5.01. The maximum atomic E-state index is 6.79. The van der Waals surface area contributed by atoms with Crippen LogP contribution in [0, 0.1) is 0 Å². The van der Waals surface area contributed by atoms with Crippen LogP contribution in [0.15, 0.2) is 60.7 Å². The Hall–Kier alpha value is -1.21. The van der Waals surface area contributed by atoms with E-state index >= 15 is 0 Å². The van der Waals surface area contributed by atoms with E-state index in [1.807, 2.05) is 0 Å². The summed E-state index contributed by atoms with van der Waals surface area (Å²) in [5.41, 5.74) is 0.0950. The molecule has 0 unspecified atom stereocenters. The number of piperidine rings is 1. The average Bonchev–Trinajstić information content (AvgIpc) is 2.55. The molecule has 0 amide bonds. The lowest BCUT2D eigenvalue weighted by molar-refractivity contribution is -0.210. The summed E-state index contributed by atoms with van der Waals surface area (Å²) in [5, 5.41) is 4.81. The minimum atomic E-state index is -0.865. The van der Waals surface area contributed by atoms with Gasteiger partial charge >= 0.3 is 0 Å². The van der Waals surface area contributed by atoms with Crippen molar-refractivity contribution in [3.63, 3.8) is 0 Å². The molecular formula is C21H28NOP. The van der Waals surface area contributed by atoms with Crippen LogP contribution in [0.3, 0.4) is 0 Å². The van der Waals surface area contributed by atoms with E-state index < -0.39 is 8.15 Å². The second-order valence-corrected chi connectivity index (χ2v) is 9.60. The lowest BCUT2D eigenvalue weighted by Crippen LogP contribution is -2.58. The Labute approximate surface area is 147 Å². The molecule has 128 valence electrons. The van der Waals surface area contributed by atoms with Crippen LogP contribution in [-0.2, 0) is 4.62 Å². The lowest BCUT2D eigenvalue weighted by atomic mass is 9.82. The molecule has 24 heavy (non-hydrogen) atoms. The molecular weight excluding hydrogens is 313 g/mol. The zero-order valence-corrected chi connectivity index (χ0v) is 16.1. The quantitative estimate of drug-likeness (QED) is 0.725. The van der Waals surface area contributed by atoms with Gasteiger partial charge in [-0.05, 0) is 47.0 Å². The van der Waals surface area contributed by atoms with E-state index in [0.29, 0.717) is 0 Å². The van der Waals surface area contributed by atoms with E-state index in [2.05, 4.69) is 93.4 Å². The first-order valence-corrected chi connectivity index (χ1v) is 10.0. The topological polar surface area (TPSA) is 12.5 Å². The fourth-order valence-corrected chi connectivity index (χ4v) is 5.63. The fraction of sp³-hybridized carbons (Fsp3) is 0.429. The third-order valence-corrected chi connectivity index (χ3v) is 6.68. The first-order valence-electron chi connectivity index (χ1n) is 8.79. The Morgan fingerprint density at radius 1 is 0.750 bits per heavy atom. The summed E-state index contributed by atoms with van der Waals surface area (Å²) in [7, 11) is -0.865. The van der Waals surface area contributed by atoms with Crippen LogP contribution < -0.4 is 10.6 Å². The second-order valence-electron chi connectivity index (χ2n) is 7.82. The van der Waals surface area contributed by atoms with Gasteiger partial charge in [-0.3, -0.25) is 4.62 Å². The zero-order valence-electron chi connectivity index (χ0n) is 15.2. The molecule has 2 nitrogen and oxygen atoms in total. The average molecular weight is 341 g/mol. The van der Waals surface area contributed by atoms with Gasteiger partial charge in [-0.2, -0.15) is 5.06 Å². The molecule has 1 fully saturated rings. The molecule has 1 aliphatic rings. The highest BCUT2D eigenvalue weighted by atomic mass is 31.1. The van der Waals surface area contributed by atoms with Crippen molar-refractivity contribution >= 4 is 18.8 Å². The van der Waals surface area contributed by atoms with Gasteiger partial charge < -0.3 is 0 Å². The molecule has 0 saturated carbocycles. The number of hydroxylamine groups is 2. The summed E-state index contributed by atoms with van der Waals surface area (Å²) < 4.78 is 6.79. The monoisotopic (exact) mass is 341 g/mol. The Kier molecular flexibility index (Phi) is 5.11. The van der Waals surface area contributed by atoms with Gasteiger partial charge in [0.25, 0.3) is 0 Å². The van der Waals surface area contributed by atoms with Crippen LogP contribution in [0.4, 0.5) is 0 Å². The first kappa shape index (κ1) is 17.6. The van der Waals surface area contributed by atoms with Gasteiger partial charge in [0.1, 0.15) is 8.15 Å². The van der Waals surface area contributed by atoms with E-state index in [-0.39, 0.29) is 11.1 Å². The smallest absolute Gasteiger partial charge is 0.118 e. The molecule has 0 spiro atoms. The Balaban J connectivity index is 1.97. The fourth-order valence-electron chi connectivity index (χ4n) is 3.65. The van der Waals surface area contributed by atoms with Crippen molar-refractivity contribution in [2.75, 3.05) is 0 Å². The van der Waals surface area contributed by atoms with E-state index in [9.17, 15) is 0 Å². The van der Waals surface area contributed by atoms with Crippen molar-refractivity contribution in [3.05, 3.63) is 60.7 Å². The number of hydrogen-bond acceptors (Lipinski definition) is 2. The number of benzene rings is 2. The lowest BCUT2D eigenvalue weighted by Gasteiger charge is -2.52. The van der Waals surface area contributed by atoms with Gasteiger partial charge in [-0.15, -0.1) is 0 Å². The largest absolute Gasteiger partial charge is 0.267 e. The third-order valence-electron chi connectivity index (χ3n) is 4.82. The molecule has 3 rings (SSSR count). The van der Waals surface area contributed by atoms with E-state index in [0.717, 1.165) is 0 Å². The van der Waals surface area contributed by atoms with Gasteiger partial charge in [0.15, 0.2) is 0 Å². The van der Waals surface area contributed by atoms with E-state index in [4.69, 9.17) is 4.62 Å². The molecule has 0 aromatic heterocycles. The molecule has 1 heterocycles. The van der Waals surface area contributed by atoms with Gasteiger partial charge in [-0.25, -0.2) is 0 Å². The molecule has 1 aliphatic heterocycles. The summed E-state index contributed by atoms with van der Waals surface area (Å²) in [6.07, 6.45) is 3.60.